The molecule has 1 fully saturated rings. The van der Waals surface area contributed by atoms with Crippen LogP contribution in [0.1, 0.15) is 0 Å². The molecule has 8 heteroatoms. The van der Waals surface area contributed by atoms with Crippen molar-refractivity contribution in [3.63, 3.8) is 0 Å². The van der Waals surface area contributed by atoms with E-state index in [4.69, 9.17) is 19.7 Å². The van der Waals surface area contributed by atoms with Gasteiger partial charge in [-0.05, 0) is 0 Å². The van der Waals surface area contributed by atoms with E-state index in [0.29, 0.717) is 0 Å². The predicted octanol–water partition coefficient (Wildman–Crippen LogP) is -1.56. The molecule has 0 aromatic carbocycles. The summed E-state index contributed by atoms with van der Waals surface area (Å²) in [7, 11) is 0. The van der Waals surface area contributed by atoms with E-state index in [0.717, 1.165) is 0 Å². The third-order valence-electron chi connectivity index (χ3n) is 2.60. The van der Waals surface area contributed by atoms with Crippen LogP contribution in [-0.2, 0) is 13.2 Å². The summed E-state index contributed by atoms with van der Waals surface area (Å²) in [6.45, 7) is -0.671. The standard InChI is InChI=1S/C10H21AsO7/c1-11(2,16)3-7-8(14)9(15)10(18-7)17-5-6(13)4-12/h6-10,12-15H,3-5H2,1-2H3/t6-,7+,8+,9+,10+/m0/s1. The summed E-state index contributed by atoms with van der Waals surface area (Å²) in [4.78, 5) is 0. The zero-order valence-corrected chi connectivity index (χ0v) is 12.3. The second kappa shape index (κ2) is 6.52. The van der Waals surface area contributed by atoms with E-state index in [-0.39, 0.29) is 11.8 Å². The number of aliphatic hydroxyl groups excluding tert-OH is 4. The molecule has 108 valence electrons. The molecule has 5 atom stereocenters. The number of ether oxygens (including phenoxy) is 2. The second-order valence-electron chi connectivity index (χ2n) is 4.95. The minimum absolute atomic E-state index is 0.207. The topological polar surface area (TPSA) is 116 Å². The first-order valence-corrected chi connectivity index (χ1v) is 11.6. The molecule has 1 aliphatic heterocycles. The number of aliphatic hydroxyl groups is 4. The molecule has 0 saturated carbocycles. The molecule has 1 rings (SSSR count). The average Bonchev–Trinajstić information content (AvgIpc) is 2.52. The van der Waals surface area contributed by atoms with Gasteiger partial charge in [-0.2, -0.15) is 0 Å². The third kappa shape index (κ3) is 4.66. The van der Waals surface area contributed by atoms with E-state index in [9.17, 15) is 14.0 Å². The molecule has 0 aromatic heterocycles. The Bertz CT molecular complexity index is 305. The average molecular weight is 328 g/mol. The van der Waals surface area contributed by atoms with Gasteiger partial charge in [0.15, 0.2) is 0 Å². The summed E-state index contributed by atoms with van der Waals surface area (Å²) in [6, 6.07) is 0. The first-order valence-electron chi connectivity index (χ1n) is 5.70. The molecular formula is C10H21AsO7. The number of hydrogen-bond donors (Lipinski definition) is 4. The molecule has 0 spiro atoms. The van der Waals surface area contributed by atoms with Gasteiger partial charge in [-0.1, -0.05) is 0 Å². The fraction of sp³-hybridized carbons (Fsp3) is 1.00. The van der Waals surface area contributed by atoms with Crippen LogP contribution < -0.4 is 0 Å². The van der Waals surface area contributed by atoms with Crippen LogP contribution in [0.5, 0.6) is 0 Å². The third-order valence-corrected chi connectivity index (χ3v) is 5.20. The number of rotatable bonds is 6. The molecule has 0 unspecified atom stereocenters. The molecule has 0 radical (unpaired) electrons. The van der Waals surface area contributed by atoms with Gasteiger partial charge in [0.25, 0.3) is 0 Å². The Morgan fingerprint density at radius 2 is 1.94 bits per heavy atom. The van der Waals surface area contributed by atoms with Crippen LogP contribution >= 0.6 is 0 Å². The molecule has 0 amide bonds. The van der Waals surface area contributed by atoms with Gasteiger partial charge in [0.05, 0.1) is 0 Å². The van der Waals surface area contributed by atoms with Gasteiger partial charge in [0.1, 0.15) is 0 Å². The quantitative estimate of drug-likeness (QED) is 0.436. The summed E-state index contributed by atoms with van der Waals surface area (Å²) in [5.41, 5.74) is 3.26. The van der Waals surface area contributed by atoms with Gasteiger partial charge in [-0.25, -0.2) is 0 Å². The van der Waals surface area contributed by atoms with Crippen molar-refractivity contribution in [2.45, 2.75) is 47.3 Å². The van der Waals surface area contributed by atoms with Gasteiger partial charge in [0.2, 0.25) is 0 Å². The SMILES string of the molecule is C[As](C)(=O)C[C@H]1O[C@@H](OC[C@@H](O)CO)[C@H](O)[C@@H]1O. The molecular weight excluding hydrogens is 307 g/mol. The van der Waals surface area contributed by atoms with E-state index in [1.165, 1.54) is 0 Å². The van der Waals surface area contributed by atoms with E-state index in [2.05, 4.69) is 0 Å². The van der Waals surface area contributed by atoms with Crippen LogP contribution in [0.25, 0.3) is 0 Å². The van der Waals surface area contributed by atoms with Crippen molar-refractivity contribution in [3.05, 3.63) is 0 Å². The van der Waals surface area contributed by atoms with Gasteiger partial charge < -0.3 is 0 Å². The maximum absolute atomic E-state index is 11.7. The van der Waals surface area contributed by atoms with E-state index in [1.54, 1.807) is 11.4 Å². The van der Waals surface area contributed by atoms with Crippen LogP contribution in [0.3, 0.4) is 0 Å². The second-order valence-corrected chi connectivity index (χ2v) is 12.3. The summed E-state index contributed by atoms with van der Waals surface area (Å²) < 4.78 is 22.1. The molecule has 1 saturated heterocycles. The first kappa shape index (κ1) is 16.2. The maximum atomic E-state index is 11.7. The van der Waals surface area contributed by atoms with E-state index < -0.39 is 50.8 Å². The van der Waals surface area contributed by atoms with Crippen LogP contribution in [-0.4, -0.2) is 77.8 Å². The van der Waals surface area contributed by atoms with Gasteiger partial charge >= 0.3 is 108 Å². The van der Waals surface area contributed by atoms with Crippen molar-refractivity contribution in [2.75, 3.05) is 13.2 Å². The van der Waals surface area contributed by atoms with E-state index >= 15 is 0 Å². The Balaban J connectivity index is 2.51. The van der Waals surface area contributed by atoms with Crippen LogP contribution in [0, 0.1) is 0 Å². The molecule has 0 aliphatic carbocycles. The molecule has 1 aliphatic rings. The Hall–Kier alpha value is 0.118. The van der Waals surface area contributed by atoms with Crippen molar-refractivity contribution in [1.29, 1.82) is 0 Å². The molecule has 7 nitrogen and oxygen atoms in total. The Kier molecular flexibility index (Phi) is 5.86. The summed E-state index contributed by atoms with van der Waals surface area (Å²) in [6.07, 6.45) is -5.27. The monoisotopic (exact) mass is 328 g/mol. The van der Waals surface area contributed by atoms with Crippen molar-refractivity contribution in [1.82, 2.24) is 0 Å². The predicted molar refractivity (Wildman–Crippen MR) is 62.7 cm³/mol. The summed E-state index contributed by atoms with van der Waals surface area (Å²) in [5, 5.41) is 37.3. The fourth-order valence-electron chi connectivity index (χ4n) is 1.70. The van der Waals surface area contributed by atoms with Gasteiger partial charge in [0, 0.05) is 0 Å². The van der Waals surface area contributed by atoms with Crippen molar-refractivity contribution in [2.24, 2.45) is 0 Å². The minimum atomic E-state index is -2.99. The van der Waals surface area contributed by atoms with E-state index in [1.807, 2.05) is 0 Å². The zero-order chi connectivity index (χ0) is 13.9. The van der Waals surface area contributed by atoms with Crippen LogP contribution in [0.15, 0.2) is 0 Å². The summed E-state index contributed by atoms with van der Waals surface area (Å²) in [5.74, 6) is 0. The molecule has 0 aromatic rings. The molecule has 0 bridgehead atoms. The first-order chi connectivity index (χ1) is 8.24. The fourth-order valence-corrected chi connectivity index (χ4v) is 4.15. The van der Waals surface area contributed by atoms with Crippen LogP contribution in [0.4, 0.5) is 0 Å². The molecule has 1 heterocycles. The Labute approximate surface area is 108 Å². The van der Waals surface area contributed by atoms with Crippen molar-refractivity contribution in [3.8, 4) is 0 Å². The number of hydrogen-bond acceptors (Lipinski definition) is 7. The van der Waals surface area contributed by atoms with Crippen molar-refractivity contribution < 1.29 is 33.6 Å². The Morgan fingerprint density at radius 3 is 2.44 bits per heavy atom. The molecule has 4 N–H and O–H groups in total. The summed E-state index contributed by atoms with van der Waals surface area (Å²) >= 11 is -2.99. The molecule has 18 heavy (non-hydrogen) atoms. The van der Waals surface area contributed by atoms with Gasteiger partial charge in [-0.15, -0.1) is 0 Å². The Morgan fingerprint density at radius 1 is 1.33 bits per heavy atom. The van der Waals surface area contributed by atoms with Gasteiger partial charge in [-0.3, -0.25) is 0 Å². The van der Waals surface area contributed by atoms with Crippen molar-refractivity contribution >= 4 is 13.5 Å². The zero-order valence-electron chi connectivity index (χ0n) is 10.5. The van der Waals surface area contributed by atoms with Crippen LogP contribution in [0.2, 0.25) is 16.6 Å². The normalized spacial score (nSPS) is 34.8.